The van der Waals surface area contributed by atoms with Gasteiger partial charge in [-0.1, -0.05) is 62.6 Å². The Balaban J connectivity index is 0.765. The van der Waals surface area contributed by atoms with Crippen molar-refractivity contribution in [1.29, 1.82) is 0 Å². The minimum absolute atomic E-state index is 0.0186. The molecule has 7 rings (SSSR count). The Kier molecular flexibility index (Phi) is 16.5. The van der Waals surface area contributed by atoms with E-state index in [4.69, 9.17) is 26.1 Å². The van der Waals surface area contributed by atoms with Gasteiger partial charge in [-0.25, -0.2) is 4.98 Å². The Labute approximate surface area is 399 Å². The van der Waals surface area contributed by atoms with Gasteiger partial charge in [0, 0.05) is 75.4 Å². The van der Waals surface area contributed by atoms with Gasteiger partial charge in [0.05, 0.1) is 30.0 Å². The number of piperidine rings is 2. The van der Waals surface area contributed by atoms with Crippen molar-refractivity contribution in [3.63, 3.8) is 0 Å². The van der Waals surface area contributed by atoms with Crippen molar-refractivity contribution in [1.82, 2.24) is 35.4 Å². The van der Waals surface area contributed by atoms with Crippen LogP contribution in [0, 0.1) is 0 Å². The van der Waals surface area contributed by atoms with E-state index in [0.29, 0.717) is 70.9 Å². The van der Waals surface area contributed by atoms with Crippen molar-refractivity contribution in [3.05, 3.63) is 69.1 Å². The van der Waals surface area contributed by atoms with Gasteiger partial charge in [0.15, 0.2) is 18.2 Å². The number of anilines is 4. The molecule has 5 N–H and O–H groups in total. The number of nitrogens with zero attached hydrogens (tertiary/aromatic N) is 5. The zero-order valence-corrected chi connectivity index (χ0v) is 39.5. The average molecular weight is 956 g/mol. The molecule has 3 aliphatic heterocycles. The number of hydrogen-bond acceptors (Lipinski definition) is 14. The topological polar surface area (TPSA) is 235 Å². The van der Waals surface area contributed by atoms with Crippen molar-refractivity contribution >= 4 is 81.1 Å². The third-order valence-corrected chi connectivity index (χ3v) is 12.9. The maximum atomic E-state index is 13.3. The molecule has 68 heavy (non-hydrogen) atoms. The Bertz CT molecular complexity index is 2610. The number of carbonyl (C=O) groups excluding carboxylic acids is 6. The summed E-state index contributed by atoms with van der Waals surface area (Å²) in [6.45, 7) is 1.65. The number of benzene rings is 2. The van der Waals surface area contributed by atoms with Crippen LogP contribution >= 0.6 is 11.6 Å². The summed E-state index contributed by atoms with van der Waals surface area (Å²) in [4.78, 5) is 100. The SMILES string of the molecule is CNC(=O)COc1cc2cc(Nc3nc(N4CCC(NC(=O)CCCCCCCCCCCNc5cccc6c5C(=O)N(C5CCC(=O)NC5=O)C6=O)CC4)ncc3Cl)cc(OC)c2n(C)c1=O. The zero-order valence-electron chi connectivity index (χ0n) is 38.7. The molecule has 20 heteroatoms. The first-order valence-corrected chi connectivity index (χ1v) is 23.7. The van der Waals surface area contributed by atoms with Crippen LogP contribution in [0.4, 0.5) is 23.1 Å². The van der Waals surface area contributed by atoms with Crippen LogP contribution in [0.15, 0.2) is 47.4 Å². The number of methoxy groups -OCH3 is 1. The number of likely N-dealkylation sites (N-methyl/N-ethyl adjacent to an activating group) is 1. The fourth-order valence-electron chi connectivity index (χ4n) is 8.91. The molecule has 0 saturated carbocycles. The number of imide groups is 2. The van der Waals surface area contributed by atoms with Crippen LogP contribution in [0.25, 0.3) is 10.9 Å². The maximum absolute atomic E-state index is 13.3. The van der Waals surface area contributed by atoms with E-state index in [1.54, 1.807) is 49.6 Å². The number of amides is 6. The molecule has 6 amide bonds. The van der Waals surface area contributed by atoms with E-state index in [2.05, 4.69) is 36.5 Å². The van der Waals surface area contributed by atoms with Gasteiger partial charge < -0.3 is 40.2 Å². The lowest BCUT2D eigenvalue weighted by molar-refractivity contribution is -0.136. The fraction of sp³-hybridized carbons (Fsp3) is 0.479. The quantitative estimate of drug-likeness (QED) is 0.0493. The molecule has 19 nitrogen and oxygen atoms in total. The maximum Gasteiger partial charge on any atom is 0.293 e. The lowest BCUT2D eigenvalue weighted by atomic mass is 10.0. The molecule has 0 spiro atoms. The van der Waals surface area contributed by atoms with Gasteiger partial charge in [-0.15, -0.1) is 0 Å². The molecule has 0 aliphatic carbocycles. The van der Waals surface area contributed by atoms with Crippen LogP contribution in [0.3, 0.4) is 0 Å². The van der Waals surface area contributed by atoms with Gasteiger partial charge >= 0.3 is 0 Å². The number of aryl methyl sites for hydroxylation is 1. The van der Waals surface area contributed by atoms with E-state index in [-0.39, 0.29) is 54.2 Å². The molecule has 0 radical (unpaired) electrons. The lowest BCUT2D eigenvalue weighted by Crippen LogP contribution is -2.54. The van der Waals surface area contributed by atoms with Crippen LogP contribution in [-0.4, -0.2) is 107 Å². The summed E-state index contributed by atoms with van der Waals surface area (Å²) < 4.78 is 12.6. The highest BCUT2D eigenvalue weighted by molar-refractivity contribution is 6.33. The molecule has 1 atom stereocenters. The van der Waals surface area contributed by atoms with Gasteiger partial charge in [-0.05, 0) is 56.4 Å². The van der Waals surface area contributed by atoms with E-state index < -0.39 is 35.2 Å². The molecule has 0 bridgehead atoms. The van der Waals surface area contributed by atoms with E-state index >= 15 is 0 Å². The summed E-state index contributed by atoms with van der Waals surface area (Å²) in [7, 11) is 4.60. The van der Waals surface area contributed by atoms with Crippen molar-refractivity contribution < 1.29 is 38.2 Å². The number of pyridine rings is 1. The predicted molar refractivity (Wildman–Crippen MR) is 257 cm³/mol. The van der Waals surface area contributed by atoms with Crippen LogP contribution in [0.1, 0.15) is 111 Å². The molecule has 2 saturated heterocycles. The molecule has 5 heterocycles. The van der Waals surface area contributed by atoms with E-state index in [1.165, 1.54) is 18.7 Å². The number of hydrogen-bond donors (Lipinski definition) is 5. The lowest BCUT2D eigenvalue weighted by Gasteiger charge is -2.32. The number of nitrogens with one attached hydrogen (secondary N) is 5. The summed E-state index contributed by atoms with van der Waals surface area (Å²) in [6, 6.07) is 9.28. The van der Waals surface area contributed by atoms with Crippen LogP contribution < -0.4 is 46.5 Å². The van der Waals surface area contributed by atoms with Crippen LogP contribution in [-0.2, 0) is 26.2 Å². The van der Waals surface area contributed by atoms with E-state index in [9.17, 15) is 33.6 Å². The minimum Gasteiger partial charge on any atom is -0.494 e. The largest absolute Gasteiger partial charge is 0.494 e. The first kappa shape index (κ1) is 49.2. The van der Waals surface area contributed by atoms with E-state index in [1.807, 2.05) is 0 Å². The standard InChI is InChI=1S/C48H59ClN10O9/c1-50-40(62)28-68-37-25-29-24-31(26-36(67-3)42(29)57(2)46(37)65)54-43-33(49)27-52-48(56-43)58-22-19-30(20-23-58)53-38(60)16-11-9-7-5-4-6-8-10-12-21-51-34-15-13-14-32-41(34)47(66)59(45(32)64)35-17-18-39(61)55-44(35)63/h13-15,24-27,30,35,51H,4-12,16-23,28H2,1-3H3,(H,50,62)(H,53,60)(H,52,54,56)(H,55,61,63). The second-order valence-electron chi connectivity index (χ2n) is 17.3. The highest BCUT2D eigenvalue weighted by atomic mass is 35.5. The molecule has 362 valence electrons. The van der Waals surface area contributed by atoms with Crippen molar-refractivity contribution in [2.75, 3.05) is 55.9 Å². The molecular formula is C48H59ClN10O9. The normalized spacial score (nSPS) is 16.1. The summed E-state index contributed by atoms with van der Waals surface area (Å²) in [5.41, 5.74) is 1.85. The molecule has 1 unspecified atom stereocenters. The number of unbranched alkanes of at least 4 members (excludes halogenated alkanes) is 8. The van der Waals surface area contributed by atoms with Gasteiger partial charge in [0.1, 0.15) is 16.8 Å². The average Bonchev–Trinajstić information content (AvgIpc) is 3.59. The summed E-state index contributed by atoms with van der Waals surface area (Å²) in [5.74, 6) is -1.00. The molecule has 2 fully saturated rings. The van der Waals surface area contributed by atoms with Crippen LogP contribution in [0.5, 0.6) is 11.5 Å². The number of aromatic nitrogens is 3. The highest BCUT2D eigenvalue weighted by Crippen LogP contribution is 2.35. The third-order valence-electron chi connectivity index (χ3n) is 12.6. The van der Waals surface area contributed by atoms with Crippen molar-refractivity contribution in [2.45, 2.75) is 102 Å². The summed E-state index contributed by atoms with van der Waals surface area (Å²) in [5, 5.41) is 15.4. The number of rotatable bonds is 22. The Morgan fingerprint density at radius 3 is 2.31 bits per heavy atom. The molecular weight excluding hydrogens is 896 g/mol. The highest BCUT2D eigenvalue weighted by Gasteiger charge is 2.45. The Morgan fingerprint density at radius 1 is 0.882 bits per heavy atom. The second kappa shape index (κ2) is 22.8. The first-order chi connectivity index (χ1) is 32.9. The van der Waals surface area contributed by atoms with Gasteiger partial charge in [-0.3, -0.25) is 43.8 Å². The Morgan fingerprint density at radius 2 is 1.60 bits per heavy atom. The number of fused-ring (bicyclic) bond motifs is 2. The third kappa shape index (κ3) is 11.7. The van der Waals surface area contributed by atoms with E-state index in [0.717, 1.165) is 75.5 Å². The van der Waals surface area contributed by atoms with Crippen molar-refractivity contribution in [2.24, 2.45) is 7.05 Å². The number of ether oxygens (including phenoxy) is 2. The first-order valence-electron chi connectivity index (χ1n) is 23.3. The zero-order chi connectivity index (χ0) is 48.3. The number of halogens is 1. The fourth-order valence-corrected chi connectivity index (χ4v) is 9.04. The second-order valence-corrected chi connectivity index (χ2v) is 17.7. The predicted octanol–water partition coefficient (Wildman–Crippen LogP) is 5.36. The minimum atomic E-state index is -0.991. The van der Waals surface area contributed by atoms with Gasteiger partial charge in [0.2, 0.25) is 23.7 Å². The Hall–Kier alpha value is -6.76. The van der Waals surface area contributed by atoms with Gasteiger partial charge in [0.25, 0.3) is 23.3 Å². The summed E-state index contributed by atoms with van der Waals surface area (Å²) >= 11 is 6.56. The summed E-state index contributed by atoms with van der Waals surface area (Å²) in [6.07, 6.45) is 13.1. The molecule has 3 aliphatic rings. The molecule has 2 aromatic heterocycles. The molecule has 2 aromatic carbocycles. The van der Waals surface area contributed by atoms with Crippen LogP contribution in [0.2, 0.25) is 5.02 Å². The smallest absolute Gasteiger partial charge is 0.293 e. The monoisotopic (exact) mass is 954 g/mol. The number of carbonyl (C=O) groups is 6. The molecule has 4 aromatic rings. The van der Waals surface area contributed by atoms with Gasteiger partial charge in [-0.2, -0.15) is 4.98 Å². The van der Waals surface area contributed by atoms with Crippen molar-refractivity contribution in [3.8, 4) is 11.5 Å².